The summed E-state index contributed by atoms with van der Waals surface area (Å²) >= 11 is 0.194. The van der Waals surface area contributed by atoms with Crippen molar-refractivity contribution in [3.05, 3.63) is 42.1 Å². The summed E-state index contributed by atoms with van der Waals surface area (Å²) in [5.74, 6) is 0. The third kappa shape index (κ3) is 7.00. The number of para-hydroxylation sites is 1. The molecule has 0 atom stereocenters. The Morgan fingerprint density at radius 2 is 1.69 bits per heavy atom. The molecule has 0 radical (unpaired) electrons. The van der Waals surface area contributed by atoms with E-state index in [1.54, 1.807) is 0 Å². The van der Waals surface area contributed by atoms with Crippen LogP contribution < -0.4 is 0 Å². The summed E-state index contributed by atoms with van der Waals surface area (Å²) in [6, 6.07) is 10.5. The first-order chi connectivity index (χ1) is 12.6. The maximum absolute atomic E-state index is 4.91. The summed E-state index contributed by atoms with van der Waals surface area (Å²) in [4.78, 5) is 14.3. The van der Waals surface area contributed by atoms with Crippen molar-refractivity contribution in [3.8, 4) is 0 Å². The van der Waals surface area contributed by atoms with E-state index < -0.39 is 0 Å². The molecule has 0 spiro atoms. The average Bonchev–Trinajstić information content (AvgIpc) is 3.15. The van der Waals surface area contributed by atoms with Crippen molar-refractivity contribution < 1.29 is 13.1 Å². The Kier molecular flexibility index (Phi) is 9.63. The molecule has 0 unspecified atom stereocenters. The van der Waals surface area contributed by atoms with Gasteiger partial charge in [0.25, 0.3) is 0 Å². The van der Waals surface area contributed by atoms with E-state index in [1.165, 1.54) is 32.1 Å². The monoisotopic (exact) mass is 433 g/mol. The Morgan fingerprint density at radius 3 is 2.35 bits per heavy atom. The Labute approximate surface area is 171 Å². The zero-order chi connectivity index (χ0) is 18.8. The molecule has 3 rings (SSSR count). The van der Waals surface area contributed by atoms with Crippen molar-refractivity contribution in [2.75, 3.05) is 0 Å². The van der Waals surface area contributed by atoms with Crippen LogP contribution in [0.4, 0.5) is 5.69 Å². The molecule has 1 heterocycles. The van der Waals surface area contributed by atoms with E-state index in [2.05, 4.69) is 18.0 Å². The van der Waals surface area contributed by atoms with Gasteiger partial charge >= 0.3 is 33.3 Å². The van der Waals surface area contributed by atoms with Crippen molar-refractivity contribution in [2.24, 2.45) is 15.0 Å². The molecule has 26 heavy (non-hydrogen) atoms. The standard InChI is InChI=1S/C20H25N3.2ClH.Fe/c1-15(21-17-9-5-3-6-10-17)19-13-14-20(23-19)16(2)22-18-11-7-4-8-12-18;;;/h3,5-6,9-10,13,18H,4,7-8,11-12,14H2,1-2H3;2*1H;/q;;;+2/p-2. The van der Waals surface area contributed by atoms with E-state index in [0.717, 1.165) is 34.9 Å². The molecular formula is C20H25Cl2FeN3. The molecule has 1 aliphatic carbocycles. The fraction of sp³-hybridized carbons (Fsp3) is 0.450. The topological polar surface area (TPSA) is 37.1 Å². The van der Waals surface area contributed by atoms with Crippen LogP contribution >= 0.6 is 20.2 Å². The molecule has 0 saturated heterocycles. The molecule has 0 amide bonds. The van der Waals surface area contributed by atoms with Gasteiger partial charge in [0.15, 0.2) is 0 Å². The third-order valence-corrected chi connectivity index (χ3v) is 4.54. The van der Waals surface area contributed by atoms with Gasteiger partial charge in [-0.2, -0.15) is 0 Å². The van der Waals surface area contributed by atoms with E-state index in [-0.39, 0.29) is 13.1 Å². The van der Waals surface area contributed by atoms with Crippen molar-refractivity contribution in [2.45, 2.75) is 58.4 Å². The second-order valence-corrected chi connectivity index (χ2v) is 8.27. The SMILES string of the molecule is CC(=Nc1ccccc1)C1=CCC(C(C)=NC2CCCCC2)=N1.[Cl][Fe][Cl]. The van der Waals surface area contributed by atoms with Crippen LogP contribution in [0.5, 0.6) is 0 Å². The molecule has 3 nitrogen and oxygen atoms in total. The first-order valence-electron chi connectivity index (χ1n) is 8.92. The Morgan fingerprint density at radius 1 is 1.04 bits per heavy atom. The summed E-state index contributed by atoms with van der Waals surface area (Å²) in [5, 5.41) is 0. The van der Waals surface area contributed by atoms with Crippen LogP contribution in [0.2, 0.25) is 0 Å². The van der Waals surface area contributed by atoms with E-state index >= 15 is 0 Å². The van der Waals surface area contributed by atoms with Gasteiger partial charge in [0.2, 0.25) is 0 Å². The van der Waals surface area contributed by atoms with Gasteiger partial charge in [0.05, 0.1) is 34.6 Å². The van der Waals surface area contributed by atoms with E-state index in [1.807, 2.05) is 37.3 Å². The van der Waals surface area contributed by atoms with Gasteiger partial charge in [-0.25, -0.2) is 4.99 Å². The second-order valence-electron chi connectivity index (χ2n) is 6.44. The normalized spacial score (nSPS) is 18.9. The molecule has 1 aromatic carbocycles. The van der Waals surface area contributed by atoms with Gasteiger partial charge in [0.1, 0.15) is 0 Å². The summed E-state index contributed by atoms with van der Waals surface area (Å²) in [6.45, 7) is 4.13. The van der Waals surface area contributed by atoms with Gasteiger partial charge in [-0.1, -0.05) is 43.5 Å². The number of allylic oxidation sites excluding steroid dienone is 2. The molecule has 2 aliphatic rings. The van der Waals surface area contributed by atoms with Gasteiger partial charge in [0, 0.05) is 6.42 Å². The molecular weight excluding hydrogens is 409 g/mol. The minimum atomic E-state index is 0.194. The average molecular weight is 434 g/mol. The van der Waals surface area contributed by atoms with Crippen LogP contribution in [0.3, 0.4) is 0 Å². The number of aliphatic imine (C=N–C) groups is 3. The molecule has 1 aromatic rings. The van der Waals surface area contributed by atoms with Gasteiger partial charge in [-0.3, -0.25) is 9.98 Å². The Bertz CT molecular complexity index is 690. The Hall–Kier alpha value is -0.931. The number of halogens is 2. The summed E-state index contributed by atoms with van der Waals surface area (Å²) in [6.07, 6.45) is 9.52. The first-order valence-corrected chi connectivity index (χ1v) is 12.0. The summed E-state index contributed by atoms with van der Waals surface area (Å²) < 4.78 is 0. The van der Waals surface area contributed by atoms with Crippen LogP contribution in [0.25, 0.3) is 0 Å². The zero-order valence-corrected chi connectivity index (χ0v) is 17.9. The van der Waals surface area contributed by atoms with Crippen LogP contribution in [0.1, 0.15) is 52.4 Å². The minimum absolute atomic E-state index is 0.194. The molecule has 1 aliphatic heterocycles. The number of nitrogens with zero attached hydrogens (tertiary/aromatic N) is 3. The number of hydrogen-bond donors (Lipinski definition) is 0. The van der Waals surface area contributed by atoms with E-state index in [9.17, 15) is 0 Å². The molecule has 142 valence electrons. The maximum atomic E-state index is 4.91. The van der Waals surface area contributed by atoms with Gasteiger partial charge in [-0.15, -0.1) is 0 Å². The molecule has 6 heteroatoms. The van der Waals surface area contributed by atoms with E-state index in [4.69, 9.17) is 30.2 Å². The number of rotatable bonds is 4. The molecule has 0 bridgehead atoms. The van der Waals surface area contributed by atoms with Gasteiger partial charge < -0.3 is 0 Å². The van der Waals surface area contributed by atoms with E-state index in [0.29, 0.717) is 6.04 Å². The van der Waals surface area contributed by atoms with Crippen molar-refractivity contribution >= 4 is 43.0 Å². The Balaban J connectivity index is 0.000000758. The quantitative estimate of drug-likeness (QED) is 0.375. The molecule has 0 N–H and O–H groups in total. The predicted octanol–water partition coefficient (Wildman–Crippen LogP) is 6.68. The summed E-state index contributed by atoms with van der Waals surface area (Å²) in [7, 11) is 9.53. The third-order valence-electron chi connectivity index (χ3n) is 4.54. The van der Waals surface area contributed by atoms with Crippen LogP contribution in [0, 0.1) is 0 Å². The van der Waals surface area contributed by atoms with Crippen molar-refractivity contribution in [3.63, 3.8) is 0 Å². The van der Waals surface area contributed by atoms with Gasteiger partial charge in [-0.05, 0) is 38.8 Å². The number of hydrogen-bond acceptors (Lipinski definition) is 3. The van der Waals surface area contributed by atoms with Crippen molar-refractivity contribution in [1.29, 1.82) is 0 Å². The zero-order valence-electron chi connectivity index (χ0n) is 15.2. The fourth-order valence-corrected chi connectivity index (χ4v) is 3.20. The summed E-state index contributed by atoms with van der Waals surface area (Å²) in [5.41, 5.74) is 5.14. The van der Waals surface area contributed by atoms with Crippen LogP contribution in [-0.4, -0.2) is 23.2 Å². The molecule has 1 fully saturated rings. The predicted molar refractivity (Wildman–Crippen MR) is 111 cm³/mol. The van der Waals surface area contributed by atoms with Crippen LogP contribution in [0.15, 0.2) is 57.1 Å². The second kappa shape index (κ2) is 11.7. The van der Waals surface area contributed by atoms with Crippen LogP contribution in [-0.2, 0) is 13.1 Å². The fourth-order valence-electron chi connectivity index (χ4n) is 3.20. The van der Waals surface area contributed by atoms with Crippen molar-refractivity contribution in [1.82, 2.24) is 0 Å². The number of benzene rings is 1. The first kappa shape index (κ1) is 21.4. The molecule has 0 aromatic heterocycles. The molecule has 1 saturated carbocycles.